The van der Waals surface area contributed by atoms with Gasteiger partial charge in [-0.3, -0.25) is 0 Å². The summed E-state index contributed by atoms with van der Waals surface area (Å²) in [6, 6.07) is 2.00. The molecule has 3 rings (SSSR count). The number of hydrogen-bond donors (Lipinski definition) is 1. The van der Waals surface area contributed by atoms with Crippen molar-refractivity contribution in [3.63, 3.8) is 0 Å². The highest BCUT2D eigenvalue weighted by Crippen LogP contribution is 2.20. The first-order valence-electron chi connectivity index (χ1n) is 6.42. The van der Waals surface area contributed by atoms with E-state index in [1.165, 1.54) is 19.5 Å². The lowest BCUT2D eigenvalue weighted by Crippen LogP contribution is -2.19. The smallest absolute Gasteiger partial charge is 0.154 e. The summed E-state index contributed by atoms with van der Waals surface area (Å²) in [6.45, 7) is 3.35. The SMILES string of the molecule is CN1CCC(CNc2nccc3c2ncn3C)C1. The summed E-state index contributed by atoms with van der Waals surface area (Å²) < 4.78 is 2.02. The van der Waals surface area contributed by atoms with Crippen LogP contribution in [0.25, 0.3) is 11.0 Å². The molecule has 96 valence electrons. The minimum absolute atomic E-state index is 0.718. The van der Waals surface area contributed by atoms with Crippen molar-refractivity contribution < 1.29 is 0 Å². The van der Waals surface area contributed by atoms with Crippen LogP contribution in [0, 0.1) is 5.92 Å². The number of hydrogen-bond acceptors (Lipinski definition) is 4. The van der Waals surface area contributed by atoms with Gasteiger partial charge in [-0.15, -0.1) is 0 Å². The molecule has 2 aromatic heterocycles. The van der Waals surface area contributed by atoms with Crippen LogP contribution in [0.4, 0.5) is 5.82 Å². The van der Waals surface area contributed by atoms with Crippen molar-refractivity contribution in [1.82, 2.24) is 19.4 Å². The van der Waals surface area contributed by atoms with E-state index in [1.807, 2.05) is 30.2 Å². The van der Waals surface area contributed by atoms with Crippen LogP contribution < -0.4 is 5.32 Å². The summed E-state index contributed by atoms with van der Waals surface area (Å²) in [7, 11) is 4.18. The molecule has 2 aromatic rings. The first-order chi connectivity index (χ1) is 8.74. The van der Waals surface area contributed by atoms with Crippen molar-refractivity contribution in [2.45, 2.75) is 6.42 Å². The summed E-state index contributed by atoms with van der Waals surface area (Å²) >= 11 is 0. The van der Waals surface area contributed by atoms with Crippen LogP contribution in [0.3, 0.4) is 0 Å². The zero-order valence-corrected chi connectivity index (χ0v) is 10.9. The van der Waals surface area contributed by atoms with E-state index in [-0.39, 0.29) is 0 Å². The molecule has 3 heterocycles. The third kappa shape index (κ3) is 2.06. The second-order valence-corrected chi connectivity index (χ2v) is 5.18. The van der Waals surface area contributed by atoms with Crippen molar-refractivity contribution in [3.8, 4) is 0 Å². The van der Waals surface area contributed by atoms with E-state index >= 15 is 0 Å². The van der Waals surface area contributed by atoms with Crippen LogP contribution in [0.1, 0.15) is 6.42 Å². The fraction of sp³-hybridized carbons (Fsp3) is 0.538. The van der Waals surface area contributed by atoms with Crippen molar-refractivity contribution in [1.29, 1.82) is 0 Å². The van der Waals surface area contributed by atoms with Crippen LogP contribution in [-0.2, 0) is 7.05 Å². The van der Waals surface area contributed by atoms with Gasteiger partial charge in [-0.05, 0) is 32.0 Å². The molecule has 1 fully saturated rings. The van der Waals surface area contributed by atoms with Gasteiger partial charge in [0.05, 0.1) is 11.8 Å². The first kappa shape index (κ1) is 11.5. The Hall–Kier alpha value is -1.62. The maximum atomic E-state index is 4.41. The molecule has 0 bridgehead atoms. The van der Waals surface area contributed by atoms with E-state index < -0.39 is 0 Å². The van der Waals surface area contributed by atoms with Crippen molar-refractivity contribution in [3.05, 3.63) is 18.6 Å². The van der Waals surface area contributed by atoms with Crippen LogP contribution in [0.5, 0.6) is 0 Å². The van der Waals surface area contributed by atoms with E-state index in [0.29, 0.717) is 0 Å². The molecule has 0 saturated carbocycles. The average molecular weight is 245 g/mol. The molecule has 1 unspecified atom stereocenters. The number of fused-ring (bicyclic) bond motifs is 1. The zero-order chi connectivity index (χ0) is 12.5. The average Bonchev–Trinajstić information content (AvgIpc) is 2.94. The molecule has 5 heteroatoms. The molecular weight excluding hydrogens is 226 g/mol. The second kappa shape index (κ2) is 4.57. The molecule has 0 aliphatic carbocycles. The van der Waals surface area contributed by atoms with Crippen molar-refractivity contribution in [2.75, 3.05) is 32.0 Å². The number of rotatable bonds is 3. The number of anilines is 1. The van der Waals surface area contributed by atoms with Crippen LogP contribution in [0.2, 0.25) is 0 Å². The van der Waals surface area contributed by atoms with Crippen molar-refractivity contribution in [2.24, 2.45) is 13.0 Å². The maximum absolute atomic E-state index is 4.41. The molecule has 1 N–H and O–H groups in total. The minimum Gasteiger partial charge on any atom is -0.368 e. The molecule has 1 atom stereocenters. The van der Waals surface area contributed by atoms with E-state index in [9.17, 15) is 0 Å². The third-order valence-corrected chi connectivity index (χ3v) is 3.69. The fourth-order valence-electron chi connectivity index (χ4n) is 2.63. The molecule has 0 amide bonds. The Morgan fingerprint density at radius 1 is 1.39 bits per heavy atom. The highest BCUT2D eigenvalue weighted by atomic mass is 15.1. The Morgan fingerprint density at radius 3 is 3.06 bits per heavy atom. The minimum atomic E-state index is 0.718. The van der Waals surface area contributed by atoms with E-state index in [0.717, 1.165) is 29.3 Å². The summed E-state index contributed by atoms with van der Waals surface area (Å²) in [4.78, 5) is 11.2. The van der Waals surface area contributed by atoms with E-state index in [4.69, 9.17) is 0 Å². The monoisotopic (exact) mass is 245 g/mol. The van der Waals surface area contributed by atoms with Gasteiger partial charge < -0.3 is 14.8 Å². The fourth-order valence-corrected chi connectivity index (χ4v) is 2.63. The number of nitrogens with zero attached hydrogens (tertiary/aromatic N) is 4. The molecule has 5 nitrogen and oxygen atoms in total. The Balaban J connectivity index is 1.74. The Morgan fingerprint density at radius 2 is 2.28 bits per heavy atom. The number of aromatic nitrogens is 3. The lowest BCUT2D eigenvalue weighted by molar-refractivity contribution is 0.399. The molecule has 1 aliphatic rings. The number of imidazole rings is 1. The summed E-state index contributed by atoms with van der Waals surface area (Å²) in [5, 5.41) is 3.45. The summed E-state index contributed by atoms with van der Waals surface area (Å²) in [5.41, 5.74) is 2.09. The zero-order valence-electron chi connectivity index (χ0n) is 10.9. The largest absolute Gasteiger partial charge is 0.368 e. The normalized spacial score (nSPS) is 20.7. The van der Waals surface area contributed by atoms with Crippen LogP contribution in [-0.4, -0.2) is 46.1 Å². The molecular formula is C13H19N5. The standard InChI is InChI=1S/C13H19N5/c1-17-6-4-10(8-17)7-15-13-12-11(3-5-14-13)18(2)9-16-12/h3,5,9-10H,4,6-8H2,1-2H3,(H,14,15). The molecule has 0 aromatic carbocycles. The molecule has 0 radical (unpaired) electrons. The lowest BCUT2D eigenvalue weighted by atomic mass is 10.1. The van der Waals surface area contributed by atoms with Gasteiger partial charge >= 0.3 is 0 Å². The number of pyridine rings is 1. The molecule has 18 heavy (non-hydrogen) atoms. The van der Waals surface area contributed by atoms with Gasteiger partial charge in [0.15, 0.2) is 5.82 Å². The van der Waals surface area contributed by atoms with Gasteiger partial charge in [-0.1, -0.05) is 0 Å². The van der Waals surface area contributed by atoms with Crippen LogP contribution >= 0.6 is 0 Å². The third-order valence-electron chi connectivity index (χ3n) is 3.69. The quantitative estimate of drug-likeness (QED) is 0.886. The van der Waals surface area contributed by atoms with Gasteiger partial charge in [-0.2, -0.15) is 0 Å². The summed E-state index contributed by atoms with van der Waals surface area (Å²) in [6.07, 6.45) is 4.94. The molecule has 1 saturated heterocycles. The van der Waals surface area contributed by atoms with Gasteiger partial charge in [0, 0.05) is 26.3 Å². The van der Waals surface area contributed by atoms with Gasteiger partial charge in [0.2, 0.25) is 0 Å². The first-order valence-corrected chi connectivity index (χ1v) is 6.42. The van der Waals surface area contributed by atoms with E-state index in [2.05, 4.69) is 27.2 Å². The predicted octanol–water partition coefficient (Wildman–Crippen LogP) is 1.33. The maximum Gasteiger partial charge on any atom is 0.154 e. The summed E-state index contributed by atoms with van der Waals surface area (Å²) in [5.74, 6) is 1.62. The van der Waals surface area contributed by atoms with Gasteiger partial charge in [0.25, 0.3) is 0 Å². The molecule has 1 aliphatic heterocycles. The predicted molar refractivity (Wildman–Crippen MR) is 72.6 cm³/mol. The molecule has 0 spiro atoms. The number of likely N-dealkylation sites (tertiary alicyclic amines) is 1. The highest BCUT2D eigenvalue weighted by molar-refractivity contribution is 5.85. The van der Waals surface area contributed by atoms with Crippen molar-refractivity contribution >= 4 is 16.9 Å². The van der Waals surface area contributed by atoms with Crippen LogP contribution in [0.15, 0.2) is 18.6 Å². The Kier molecular flexibility index (Phi) is 2.91. The van der Waals surface area contributed by atoms with Gasteiger partial charge in [0.1, 0.15) is 5.52 Å². The number of nitrogens with one attached hydrogen (secondary N) is 1. The van der Waals surface area contributed by atoms with E-state index in [1.54, 1.807) is 0 Å². The Bertz CT molecular complexity index is 547. The van der Waals surface area contributed by atoms with Gasteiger partial charge in [-0.25, -0.2) is 9.97 Å². The topological polar surface area (TPSA) is 46.0 Å². The highest BCUT2D eigenvalue weighted by Gasteiger charge is 2.19. The lowest BCUT2D eigenvalue weighted by Gasteiger charge is -2.12. The number of aryl methyl sites for hydroxylation is 1. The second-order valence-electron chi connectivity index (χ2n) is 5.18. The Labute approximate surface area is 107 Å².